The highest BCUT2D eigenvalue weighted by Crippen LogP contribution is 2.93. The first-order valence-corrected chi connectivity index (χ1v) is 8.64. The van der Waals surface area contributed by atoms with Gasteiger partial charge in [0.15, 0.2) is 0 Å². The van der Waals surface area contributed by atoms with Gasteiger partial charge in [-0.3, -0.25) is 0 Å². The Balaban J connectivity index is 2.77. The molecule has 4 saturated carbocycles. The third kappa shape index (κ3) is 1.27. The molecular formula is C16H15F13. The maximum Gasteiger partial charge on any atom is 0.339 e. The third-order valence-corrected chi connectivity index (χ3v) is 7.75. The van der Waals surface area contributed by atoms with Crippen molar-refractivity contribution in [3.8, 4) is 0 Å². The maximum absolute atomic E-state index is 15.7. The molecule has 0 heterocycles. The van der Waals surface area contributed by atoms with E-state index in [0.717, 1.165) is 0 Å². The van der Waals surface area contributed by atoms with Crippen molar-refractivity contribution < 1.29 is 57.1 Å². The Bertz CT molecular complexity index is 708. The lowest BCUT2D eigenvalue weighted by molar-refractivity contribution is -0.604. The normalized spacial score (nSPS) is 49.2. The number of rotatable bonds is 3. The summed E-state index contributed by atoms with van der Waals surface area (Å²) in [6, 6.07) is 0. The molecule has 13 heteroatoms. The van der Waals surface area contributed by atoms with E-state index in [1.54, 1.807) is 0 Å². The van der Waals surface area contributed by atoms with Gasteiger partial charge in [-0.15, -0.1) is 0 Å². The molecule has 0 aliphatic heterocycles. The second kappa shape index (κ2) is 4.78. The highest BCUT2D eigenvalue weighted by molar-refractivity contribution is 5.52. The van der Waals surface area contributed by atoms with E-state index in [4.69, 9.17) is 0 Å². The minimum Gasteiger partial charge on any atom is -0.229 e. The molecule has 170 valence electrons. The van der Waals surface area contributed by atoms with Crippen LogP contribution in [-0.2, 0) is 0 Å². The van der Waals surface area contributed by atoms with Gasteiger partial charge in [-0.05, 0) is 19.3 Å². The van der Waals surface area contributed by atoms with E-state index in [2.05, 4.69) is 0 Å². The predicted octanol–water partition coefficient (Wildman–Crippen LogP) is 6.53. The van der Waals surface area contributed by atoms with Crippen LogP contribution in [0.25, 0.3) is 0 Å². The van der Waals surface area contributed by atoms with E-state index >= 15 is 30.7 Å². The average molecular weight is 454 g/mol. The molecule has 4 rings (SSSR count). The van der Waals surface area contributed by atoms with Gasteiger partial charge in [-0.1, -0.05) is 20.8 Å². The van der Waals surface area contributed by atoms with Gasteiger partial charge in [0.2, 0.25) is 0 Å². The first kappa shape index (κ1) is 22.8. The van der Waals surface area contributed by atoms with Crippen LogP contribution in [0.1, 0.15) is 40.0 Å². The SMILES string of the molecule is CCC1(CC)C2(F)C(F)(F)C3(F)C(F)(F)C(F)(C2(F)F)C(F)(F)C1(CC)C3(F)F. The van der Waals surface area contributed by atoms with Crippen molar-refractivity contribution in [1.29, 1.82) is 0 Å². The van der Waals surface area contributed by atoms with Crippen LogP contribution in [0.5, 0.6) is 0 Å². The largest absolute Gasteiger partial charge is 0.339 e. The first-order chi connectivity index (χ1) is 12.7. The molecule has 2 atom stereocenters. The van der Waals surface area contributed by atoms with Crippen molar-refractivity contribution in [1.82, 2.24) is 0 Å². The fraction of sp³-hybridized carbons (Fsp3) is 1.00. The van der Waals surface area contributed by atoms with E-state index < -0.39 is 76.7 Å². The summed E-state index contributed by atoms with van der Waals surface area (Å²) in [7, 11) is 0. The summed E-state index contributed by atoms with van der Waals surface area (Å²) in [5.41, 5.74) is -29.1. The smallest absolute Gasteiger partial charge is 0.229 e. The van der Waals surface area contributed by atoms with Crippen LogP contribution in [0, 0.1) is 10.8 Å². The number of halogens is 13. The van der Waals surface area contributed by atoms with Crippen molar-refractivity contribution >= 4 is 0 Å². The zero-order valence-corrected chi connectivity index (χ0v) is 15.0. The first-order valence-electron chi connectivity index (χ1n) is 8.64. The molecule has 4 fully saturated rings. The molecule has 0 spiro atoms. The summed E-state index contributed by atoms with van der Waals surface area (Å²) >= 11 is 0. The van der Waals surface area contributed by atoms with Gasteiger partial charge >= 0.3 is 41.0 Å². The van der Waals surface area contributed by atoms with E-state index in [1.165, 1.54) is 0 Å². The summed E-state index contributed by atoms with van der Waals surface area (Å²) < 4.78 is 194. The lowest BCUT2D eigenvalue weighted by atomic mass is 9.28. The van der Waals surface area contributed by atoms with E-state index in [1.807, 2.05) is 0 Å². The average Bonchev–Trinajstić information content (AvgIpc) is 2.59. The molecule has 0 amide bonds. The van der Waals surface area contributed by atoms with Crippen LogP contribution in [0.4, 0.5) is 57.1 Å². The van der Waals surface area contributed by atoms with Gasteiger partial charge in [-0.25, -0.2) is 30.7 Å². The molecule has 4 aliphatic rings. The van der Waals surface area contributed by atoms with E-state index in [0.29, 0.717) is 20.8 Å². The molecule has 0 aromatic heterocycles. The van der Waals surface area contributed by atoms with Crippen molar-refractivity contribution in [3.05, 3.63) is 0 Å². The van der Waals surface area contributed by atoms with Crippen LogP contribution < -0.4 is 0 Å². The zero-order chi connectivity index (χ0) is 23.1. The lowest BCUT2D eigenvalue weighted by Crippen LogP contribution is -3.06. The molecule has 2 unspecified atom stereocenters. The Morgan fingerprint density at radius 1 is 0.379 bits per heavy atom. The Labute approximate surface area is 155 Å². The zero-order valence-electron chi connectivity index (χ0n) is 15.0. The second-order valence-electron chi connectivity index (χ2n) is 7.90. The topological polar surface area (TPSA) is 0 Å². The third-order valence-electron chi connectivity index (χ3n) is 7.75. The quantitative estimate of drug-likeness (QED) is 0.426. The summed E-state index contributed by atoms with van der Waals surface area (Å²) in [5.74, 6) is -34.2. The molecule has 0 N–H and O–H groups in total. The Hall–Kier alpha value is -0.910. The summed E-state index contributed by atoms with van der Waals surface area (Å²) in [6.45, 7) is 1.40. The van der Waals surface area contributed by atoms with Crippen molar-refractivity contribution in [2.45, 2.75) is 86.7 Å². The minimum absolute atomic E-state index is 0.347. The van der Waals surface area contributed by atoms with Crippen molar-refractivity contribution in [2.24, 2.45) is 10.8 Å². The Morgan fingerprint density at radius 3 is 0.897 bits per heavy atom. The van der Waals surface area contributed by atoms with Crippen molar-refractivity contribution in [2.75, 3.05) is 0 Å². The number of alkyl halides is 13. The molecule has 0 aromatic carbocycles. The minimum atomic E-state index is -7.35. The molecule has 0 saturated heterocycles. The maximum atomic E-state index is 15.7. The molecule has 4 aliphatic carbocycles. The predicted molar refractivity (Wildman–Crippen MR) is 72.0 cm³/mol. The number of hydrogen-bond acceptors (Lipinski definition) is 0. The van der Waals surface area contributed by atoms with Crippen LogP contribution in [0.3, 0.4) is 0 Å². The molecule has 0 radical (unpaired) electrons. The Morgan fingerprint density at radius 2 is 0.655 bits per heavy atom. The lowest BCUT2D eigenvalue weighted by Gasteiger charge is -2.80. The number of hydrogen-bond donors (Lipinski definition) is 0. The summed E-state index contributed by atoms with van der Waals surface area (Å²) in [4.78, 5) is 0. The standard InChI is InChI=1S/C16H15F13/c1-4-7(5-2)8(6-3)12(20,21)10(18)14(24,25)9(7,17)15(26,27)11(19,13(8,22)23)16(10,28)29/h4-6H2,1-3H3. The molecule has 0 nitrogen and oxygen atoms in total. The van der Waals surface area contributed by atoms with Gasteiger partial charge in [0, 0.05) is 5.41 Å². The second-order valence-corrected chi connectivity index (χ2v) is 7.90. The summed E-state index contributed by atoms with van der Waals surface area (Å²) in [5, 5.41) is 0. The van der Waals surface area contributed by atoms with Crippen LogP contribution in [0.15, 0.2) is 0 Å². The van der Waals surface area contributed by atoms with Gasteiger partial charge in [-0.2, -0.15) is 26.3 Å². The summed E-state index contributed by atoms with van der Waals surface area (Å²) in [6.07, 6.45) is -5.09. The highest BCUT2D eigenvalue weighted by Gasteiger charge is 3.19. The molecular weight excluding hydrogens is 439 g/mol. The van der Waals surface area contributed by atoms with Gasteiger partial charge < -0.3 is 0 Å². The van der Waals surface area contributed by atoms with Gasteiger partial charge in [0.05, 0.1) is 0 Å². The van der Waals surface area contributed by atoms with Crippen molar-refractivity contribution in [3.63, 3.8) is 0 Å². The molecule has 29 heavy (non-hydrogen) atoms. The van der Waals surface area contributed by atoms with Gasteiger partial charge in [0.1, 0.15) is 5.41 Å². The fourth-order valence-corrected chi connectivity index (χ4v) is 6.50. The monoisotopic (exact) mass is 454 g/mol. The molecule has 0 aromatic rings. The Kier molecular flexibility index (Phi) is 3.76. The van der Waals surface area contributed by atoms with E-state index in [-0.39, 0.29) is 0 Å². The van der Waals surface area contributed by atoms with E-state index in [9.17, 15) is 26.3 Å². The van der Waals surface area contributed by atoms with Crippen LogP contribution in [0.2, 0.25) is 0 Å². The van der Waals surface area contributed by atoms with Crippen LogP contribution in [-0.4, -0.2) is 46.6 Å². The highest BCUT2D eigenvalue weighted by atomic mass is 19.3. The van der Waals surface area contributed by atoms with Gasteiger partial charge in [0.25, 0.3) is 5.67 Å². The van der Waals surface area contributed by atoms with Crippen LogP contribution >= 0.6 is 0 Å². The fourth-order valence-electron chi connectivity index (χ4n) is 6.50. The molecule has 4 bridgehead atoms.